The van der Waals surface area contributed by atoms with E-state index in [1.165, 1.54) is 36.5 Å². The van der Waals surface area contributed by atoms with Crippen molar-refractivity contribution in [1.29, 1.82) is 0 Å². The molecule has 0 spiro atoms. The first-order valence-corrected chi connectivity index (χ1v) is 6.95. The van der Waals surface area contributed by atoms with E-state index in [0.717, 1.165) is 4.68 Å². The van der Waals surface area contributed by atoms with Gasteiger partial charge >= 0.3 is 12.1 Å². The Bertz CT molecular complexity index is 724. The molecule has 24 heavy (non-hydrogen) atoms. The van der Waals surface area contributed by atoms with Gasteiger partial charge in [-0.05, 0) is 24.1 Å². The van der Waals surface area contributed by atoms with Crippen LogP contribution in [0.2, 0.25) is 0 Å². The highest BCUT2D eigenvalue weighted by atomic mass is 19.4. The summed E-state index contributed by atoms with van der Waals surface area (Å²) < 4.78 is 37.6. The number of carboxylic acids is 1. The minimum absolute atomic E-state index is 0.148. The molecule has 2 rings (SSSR count). The smallest absolute Gasteiger partial charge is 0.389 e. The van der Waals surface area contributed by atoms with E-state index in [-0.39, 0.29) is 24.3 Å². The number of halogens is 3. The maximum Gasteiger partial charge on any atom is 0.389 e. The minimum Gasteiger partial charge on any atom is -0.480 e. The third kappa shape index (κ3) is 5.41. The van der Waals surface area contributed by atoms with Gasteiger partial charge in [0, 0.05) is 24.2 Å². The minimum atomic E-state index is -4.22. The molecule has 1 heterocycles. The van der Waals surface area contributed by atoms with Crippen LogP contribution < -0.4 is 5.32 Å². The molecule has 9 heteroatoms. The summed E-state index contributed by atoms with van der Waals surface area (Å²) in [4.78, 5) is 22.6. The molecule has 0 aliphatic carbocycles. The van der Waals surface area contributed by atoms with Gasteiger partial charge in [0.25, 0.3) is 5.91 Å². The molecule has 1 amide bonds. The molecular formula is C15H14F3N3O3. The summed E-state index contributed by atoms with van der Waals surface area (Å²) in [5.41, 5.74) is 0.744. The molecule has 0 unspecified atom stereocenters. The third-order valence-corrected chi connectivity index (χ3v) is 3.09. The standard InChI is InChI=1S/C15H14F3N3O3/c16-15(17,18)7-5-10-1-3-11(4-2-10)14(24)19-12-6-8-21(20-12)9-13(22)23/h1-4,6,8H,5,7,9H2,(H,22,23)(H,19,20,24). The van der Waals surface area contributed by atoms with Crippen LogP contribution in [0.1, 0.15) is 22.3 Å². The number of aliphatic carboxylic acids is 1. The van der Waals surface area contributed by atoms with Crippen LogP contribution in [0.4, 0.5) is 19.0 Å². The van der Waals surface area contributed by atoms with Crippen molar-refractivity contribution in [2.24, 2.45) is 0 Å². The Kier molecular flexibility index (Phi) is 5.22. The average molecular weight is 341 g/mol. The fraction of sp³-hybridized carbons (Fsp3) is 0.267. The van der Waals surface area contributed by atoms with Crippen LogP contribution in [-0.2, 0) is 17.8 Å². The number of alkyl halides is 3. The molecule has 6 nitrogen and oxygen atoms in total. The van der Waals surface area contributed by atoms with E-state index in [4.69, 9.17) is 5.11 Å². The Hall–Kier alpha value is -2.84. The van der Waals surface area contributed by atoms with Crippen molar-refractivity contribution in [3.63, 3.8) is 0 Å². The van der Waals surface area contributed by atoms with Crippen LogP contribution in [0.15, 0.2) is 36.5 Å². The van der Waals surface area contributed by atoms with Crippen LogP contribution in [-0.4, -0.2) is 32.9 Å². The van der Waals surface area contributed by atoms with Gasteiger partial charge in [0.05, 0.1) is 0 Å². The first-order chi connectivity index (χ1) is 11.2. The molecule has 0 bridgehead atoms. The molecule has 2 aromatic rings. The van der Waals surface area contributed by atoms with Gasteiger partial charge in [-0.2, -0.15) is 18.3 Å². The highest BCUT2D eigenvalue weighted by Gasteiger charge is 2.26. The largest absolute Gasteiger partial charge is 0.480 e. The zero-order chi connectivity index (χ0) is 17.7. The monoisotopic (exact) mass is 341 g/mol. The number of carbonyl (C=O) groups is 2. The second-order valence-electron chi connectivity index (χ2n) is 5.06. The number of anilines is 1. The zero-order valence-electron chi connectivity index (χ0n) is 12.4. The highest BCUT2D eigenvalue weighted by Crippen LogP contribution is 2.22. The summed E-state index contributed by atoms with van der Waals surface area (Å²) in [5.74, 6) is -1.37. The molecular weight excluding hydrogens is 327 g/mol. The number of aromatic nitrogens is 2. The predicted molar refractivity (Wildman–Crippen MR) is 78.6 cm³/mol. The molecule has 0 saturated heterocycles. The summed E-state index contributed by atoms with van der Waals surface area (Å²) in [5, 5.41) is 15.0. The predicted octanol–water partition coefficient (Wildman–Crippen LogP) is 2.71. The van der Waals surface area contributed by atoms with Gasteiger partial charge in [0.1, 0.15) is 6.54 Å². The van der Waals surface area contributed by atoms with Crippen molar-refractivity contribution in [3.05, 3.63) is 47.7 Å². The van der Waals surface area contributed by atoms with Crippen LogP contribution in [0.5, 0.6) is 0 Å². The number of hydrogen-bond donors (Lipinski definition) is 2. The topological polar surface area (TPSA) is 84.2 Å². The molecule has 1 aromatic carbocycles. The van der Waals surface area contributed by atoms with E-state index in [0.29, 0.717) is 5.56 Å². The number of nitrogens with zero attached hydrogens (tertiary/aromatic N) is 2. The maximum absolute atomic E-state index is 12.2. The highest BCUT2D eigenvalue weighted by molar-refractivity contribution is 6.03. The SMILES string of the molecule is O=C(O)Cn1ccc(NC(=O)c2ccc(CCC(F)(F)F)cc2)n1. The van der Waals surface area contributed by atoms with E-state index < -0.39 is 24.5 Å². The Morgan fingerprint density at radius 1 is 1.17 bits per heavy atom. The molecule has 1 aromatic heterocycles. The fourth-order valence-corrected chi connectivity index (χ4v) is 1.95. The van der Waals surface area contributed by atoms with E-state index in [1.807, 2.05) is 0 Å². The summed E-state index contributed by atoms with van der Waals surface area (Å²) in [6.45, 7) is -0.330. The molecule has 0 aliphatic heterocycles. The molecule has 2 N–H and O–H groups in total. The number of nitrogens with one attached hydrogen (secondary N) is 1. The lowest BCUT2D eigenvalue weighted by molar-refractivity contribution is -0.138. The van der Waals surface area contributed by atoms with Crippen LogP contribution in [0.25, 0.3) is 0 Å². The first-order valence-electron chi connectivity index (χ1n) is 6.95. The van der Waals surface area contributed by atoms with Crippen molar-refractivity contribution in [1.82, 2.24) is 9.78 Å². The molecule has 0 aliphatic rings. The Labute approximate surface area is 134 Å². The van der Waals surface area contributed by atoms with Crippen LogP contribution in [0.3, 0.4) is 0 Å². The van der Waals surface area contributed by atoms with Crippen molar-refractivity contribution in [2.75, 3.05) is 5.32 Å². The number of carboxylic acid groups (broad SMARTS) is 1. The van der Waals surface area contributed by atoms with Gasteiger partial charge in [0.15, 0.2) is 5.82 Å². The number of rotatable bonds is 6. The number of hydrogen-bond acceptors (Lipinski definition) is 3. The number of aryl methyl sites for hydroxylation is 1. The second kappa shape index (κ2) is 7.16. The number of carbonyl (C=O) groups excluding carboxylic acids is 1. The lowest BCUT2D eigenvalue weighted by atomic mass is 10.1. The lowest BCUT2D eigenvalue weighted by Gasteiger charge is -2.07. The van der Waals surface area contributed by atoms with E-state index in [9.17, 15) is 22.8 Å². The van der Waals surface area contributed by atoms with Crippen molar-refractivity contribution in [2.45, 2.75) is 25.6 Å². The van der Waals surface area contributed by atoms with E-state index in [2.05, 4.69) is 10.4 Å². The molecule has 0 atom stereocenters. The Morgan fingerprint density at radius 2 is 1.83 bits per heavy atom. The van der Waals surface area contributed by atoms with E-state index >= 15 is 0 Å². The summed E-state index contributed by atoms with van der Waals surface area (Å²) in [6.07, 6.45) is -3.88. The lowest BCUT2D eigenvalue weighted by Crippen LogP contribution is -2.14. The van der Waals surface area contributed by atoms with Crippen LogP contribution in [0, 0.1) is 0 Å². The number of benzene rings is 1. The van der Waals surface area contributed by atoms with Gasteiger partial charge < -0.3 is 10.4 Å². The summed E-state index contributed by atoms with van der Waals surface area (Å²) in [6, 6.07) is 7.22. The second-order valence-corrected chi connectivity index (χ2v) is 5.06. The normalized spacial score (nSPS) is 11.3. The average Bonchev–Trinajstić information content (AvgIpc) is 2.91. The maximum atomic E-state index is 12.2. The fourth-order valence-electron chi connectivity index (χ4n) is 1.95. The Morgan fingerprint density at radius 3 is 2.42 bits per heavy atom. The Balaban J connectivity index is 1.95. The molecule has 0 radical (unpaired) electrons. The first kappa shape index (κ1) is 17.5. The third-order valence-electron chi connectivity index (χ3n) is 3.09. The summed E-state index contributed by atoms with van der Waals surface area (Å²) in [7, 11) is 0. The quantitative estimate of drug-likeness (QED) is 0.846. The zero-order valence-corrected chi connectivity index (χ0v) is 12.4. The van der Waals surface area contributed by atoms with Crippen molar-refractivity contribution < 1.29 is 27.9 Å². The number of amides is 1. The van der Waals surface area contributed by atoms with Gasteiger partial charge in [-0.3, -0.25) is 14.3 Å². The van der Waals surface area contributed by atoms with Crippen molar-refractivity contribution in [3.8, 4) is 0 Å². The van der Waals surface area contributed by atoms with E-state index in [1.54, 1.807) is 0 Å². The molecule has 0 fully saturated rings. The van der Waals surface area contributed by atoms with Crippen molar-refractivity contribution >= 4 is 17.7 Å². The van der Waals surface area contributed by atoms with Crippen LogP contribution >= 0.6 is 0 Å². The molecule has 0 saturated carbocycles. The molecule has 128 valence electrons. The van der Waals surface area contributed by atoms with Gasteiger partial charge in [0.2, 0.25) is 0 Å². The summed E-state index contributed by atoms with van der Waals surface area (Å²) >= 11 is 0. The van der Waals surface area contributed by atoms with Gasteiger partial charge in [-0.15, -0.1) is 0 Å². The van der Waals surface area contributed by atoms with Gasteiger partial charge in [-0.25, -0.2) is 0 Å². The van der Waals surface area contributed by atoms with Gasteiger partial charge in [-0.1, -0.05) is 12.1 Å².